The van der Waals surface area contributed by atoms with E-state index in [0.717, 1.165) is 11.5 Å². The van der Waals surface area contributed by atoms with Gasteiger partial charge in [-0.25, -0.2) is 0 Å². The van der Waals surface area contributed by atoms with Gasteiger partial charge in [0.05, 0.1) is 4.58 Å². The first-order chi connectivity index (χ1) is 9.36. The van der Waals surface area contributed by atoms with Crippen LogP contribution in [0.2, 0.25) is 0 Å². The summed E-state index contributed by atoms with van der Waals surface area (Å²) in [5.74, 6) is 3.25. The maximum atomic E-state index is 10.2. The van der Waals surface area contributed by atoms with E-state index in [9.17, 15) is 10.2 Å². The predicted molar refractivity (Wildman–Crippen MR) is 84.7 cm³/mol. The summed E-state index contributed by atoms with van der Waals surface area (Å²) in [5.41, 5.74) is 0. The minimum atomic E-state index is -1.25. The van der Waals surface area contributed by atoms with Crippen LogP contribution in [0, 0.1) is 12.3 Å². The molecule has 0 amide bonds. The molecule has 1 aliphatic rings. The summed E-state index contributed by atoms with van der Waals surface area (Å²) in [4.78, 5) is 0. The monoisotopic (exact) mass is 320 g/mol. The number of hydrogen-bond donors (Lipinski definition) is 2. The van der Waals surface area contributed by atoms with Gasteiger partial charge >= 0.3 is 0 Å². The van der Waals surface area contributed by atoms with Gasteiger partial charge in [-0.05, 0) is 25.4 Å². The third-order valence-corrected chi connectivity index (χ3v) is 5.60. The molecule has 0 unspecified atom stereocenters. The Morgan fingerprint density at radius 2 is 1.65 bits per heavy atom. The Hall–Kier alpha value is 0.1000. The maximum Gasteiger partial charge on any atom is 0.163 e. The normalized spacial score (nSPS) is 28.3. The molecule has 6 heteroatoms. The van der Waals surface area contributed by atoms with Crippen molar-refractivity contribution in [3.63, 3.8) is 0 Å². The smallest absolute Gasteiger partial charge is 0.163 e. The van der Waals surface area contributed by atoms with Crippen molar-refractivity contribution >= 4 is 23.5 Å². The molecular weight excluding hydrogens is 296 g/mol. The number of terminal acetylenes is 1. The third kappa shape index (κ3) is 4.55. The van der Waals surface area contributed by atoms with E-state index in [0.29, 0.717) is 0 Å². The Morgan fingerprint density at radius 1 is 1.15 bits per heavy atom. The quantitative estimate of drug-likeness (QED) is 0.550. The molecular formula is C14H24O4S2. The van der Waals surface area contributed by atoms with Gasteiger partial charge in [0, 0.05) is 0 Å². The lowest BCUT2D eigenvalue weighted by molar-refractivity contribution is -0.159. The fraction of sp³-hybridized carbons (Fsp3) is 0.857. The summed E-state index contributed by atoms with van der Waals surface area (Å²) in [6, 6.07) is 0. The molecule has 1 rings (SSSR count). The van der Waals surface area contributed by atoms with Gasteiger partial charge in [0.2, 0.25) is 0 Å². The molecule has 0 radical (unpaired) electrons. The van der Waals surface area contributed by atoms with E-state index in [1.54, 1.807) is 37.4 Å². The minimum Gasteiger partial charge on any atom is -0.387 e. The Balaban J connectivity index is 2.91. The summed E-state index contributed by atoms with van der Waals surface area (Å²) < 4.78 is 11.8. The van der Waals surface area contributed by atoms with Crippen LogP contribution in [0.15, 0.2) is 0 Å². The number of rotatable bonds is 7. The molecule has 0 aromatic carbocycles. The number of hydrogen-bond acceptors (Lipinski definition) is 6. The van der Waals surface area contributed by atoms with Crippen LogP contribution < -0.4 is 0 Å². The molecule has 4 nitrogen and oxygen atoms in total. The fourth-order valence-corrected chi connectivity index (χ4v) is 4.80. The van der Waals surface area contributed by atoms with E-state index in [1.165, 1.54) is 0 Å². The first kappa shape index (κ1) is 18.1. The molecule has 4 atom stereocenters. The summed E-state index contributed by atoms with van der Waals surface area (Å²) in [6.07, 6.45) is 1.85. The van der Waals surface area contributed by atoms with Gasteiger partial charge < -0.3 is 19.7 Å². The standard InChI is InChI=1S/C14H24O4S2/c1-6-9(15)10(16)11-12(18-14(4,5)17-11)13(19-7-2)20-8-3/h1,9-13,15-16H,7-8H2,2-5H3/t9-,10-,11-,12+/m1/s1. The van der Waals surface area contributed by atoms with Crippen molar-refractivity contribution < 1.29 is 19.7 Å². The summed E-state index contributed by atoms with van der Waals surface area (Å²) in [5, 5.41) is 19.9. The highest BCUT2D eigenvalue weighted by Crippen LogP contribution is 2.40. The van der Waals surface area contributed by atoms with Crippen LogP contribution in [-0.4, -0.2) is 56.5 Å². The van der Waals surface area contributed by atoms with Gasteiger partial charge in [0.25, 0.3) is 0 Å². The molecule has 0 aliphatic carbocycles. The Morgan fingerprint density at radius 3 is 2.10 bits per heavy atom. The summed E-state index contributed by atoms with van der Waals surface area (Å²) in [7, 11) is 0. The van der Waals surface area contributed by atoms with Crippen LogP contribution in [0.25, 0.3) is 0 Å². The van der Waals surface area contributed by atoms with Crippen LogP contribution in [0.5, 0.6) is 0 Å². The highest BCUT2D eigenvalue weighted by Gasteiger charge is 2.49. The van der Waals surface area contributed by atoms with Crippen molar-refractivity contribution in [1.82, 2.24) is 0 Å². The molecule has 116 valence electrons. The predicted octanol–water partition coefficient (Wildman–Crippen LogP) is 1.69. The zero-order chi connectivity index (χ0) is 15.3. The Labute approximate surface area is 130 Å². The van der Waals surface area contributed by atoms with Crippen LogP contribution in [-0.2, 0) is 9.47 Å². The lowest BCUT2D eigenvalue weighted by atomic mass is 10.0. The molecule has 0 saturated carbocycles. The van der Waals surface area contributed by atoms with Crippen molar-refractivity contribution in [2.75, 3.05) is 11.5 Å². The van der Waals surface area contributed by atoms with E-state index in [-0.39, 0.29) is 10.7 Å². The topological polar surface area (TPSA) is 58.9 Å². The summed E-state index contributed by atoms with van der Waals surface area (Å²) in [6.45, 7) is 7.77. The maximum absolute atomic E-state index is 10.2. The lowest BCUT2D eigenvalue weighted by Crippen LogP contribution is -2.45. The zero-order valence-corrected chi connectivity index (χ0v) is 14.0. The lowest BCUT2D eigenvalue weighted by Gasteiger charge is -2.28. The molecule has 2 N–H and O–H groups in total. The molecule has 0 bridgehead atoms. The van der Waals surface area contributed by atoms with Gasteiger partial charge in [0.15, 0.2) is 5.79 Å². The molecule has 0 spiro atoms. The average molecular weight is 320 g/mol. The van der Waals surface area contributed by atoms with E-state index in [2.05, 4.69) is 19.8 Å². The zero-order valence-electron chi connectivity index (χ0n) is 12.4. The van der Waals surface area contributed by atoms with Gasteiger partial charge in [-0.3, -0.25) is 0 Å². The van der Waals surface area contributed by atoms with Crippen molar-refractivity contribution in [2.24, 2.45) is 0 Å². The van der Waals surface area contributed by atoms with Crippen LogP contribution in [0.4, 0.5) is 0 Å². The highest BCUT2D eigenvalue weighted by atomic mass is 32.2. The molecule has 1 heterocycles. The van der Waals surface area contributed by atoms with Crippen LogP contribution in [0.1, 0.15) is 27.7 Å². The summed E-state index contributed by atoms with van der Waals surface area (Å²) >= 11 is 3.51. The van der Waals surface area contributed by atoms with Gasteiger partial charge in [-0.2, -0.15) is 0 Å². The molecule has 1 aliphatic heterocycles. The second-order valence-electron chi connectivity index (χ2n) is 4.95. The molecule has 20 heavy (non-hydrogen) atoms. The van der Waals surface area contributed by atoms with E-state index in [1.807, 2.05) is 0 Å². The van der Waals surface area contributed by atoms with E-state index in [4.69, 9.17) is 15.9 Å². The van der Waals surface area contributed by atoms with Crippen molar-refractivity contribution in [3.05, 3.63) is 0 Å². The average Bonchev–Trinajstić information content (AvgIpc) is 2.72. The third-order valence-electron chi connectivity index (χ3n) is 2.92. The minimum absolute atomic E-state index is 0.136. The number of ether oxygens (including phenoxy) is 2. The van der Waals surface area contributed by atoms with Crippen LogP contribution >= 0.6 is 23.5 Å². The second kappa shape index (κ2) is 7.92. The van der Waals surface area contributed by atoms with Crippen molar-refractivity contribution in [3.8, 4) is 12.3 Å². The number of thioether (sulfide) groups is 2. The largest absolute Gasteiger partial charge is 0.387 e. The Kier molecular flexibility index (Phi) is 7.19. The van der Waals surface area contributed by atoms with Gasteiger partial charge in [-0.15, -0.1) is 29.9 Å². The SMILES string of the molecule is C#C[C@@H](O)[C@@H](O)[C@H]1OC(C)(C)O[C@@H]1C(SCC)SCC. The number of aliphatic hydroxyl groups excluding tert-OH is 2. The van der Waals surface area contributed by atoms with Crippen molar-refractivity contribution in [1.29, 1.82) is 0 Å². The van der Waals surface area contributed by atoms with Crippen molar-refractivity contribution in [2.45, 2.75) is 62.5 Å². The van der Waals surface area contributed by atoms with E-state index < -0.39 is 24.1 Å². The molecule has 1 saturated heterocycles. The Bertz CT molecular complexity index is 337. The van der Waals surface area contributed by atoms with E-state index >= 15 is 0 Å². The van der Waals surface area contributed by atoms with Gasteiger partial charge in [0.1, 0.15) is 24.4 Å². The highest BCUT2D eigenvalue weighted by molar-refractivity contribution is 8.17. The first-order valence-corrected chi connectivity index (χ1v) is 8.87. The molecule has 0 aromatic rings. The fourth-order valence-electron chi connectivity index (χ4n) is 2.14. The first-order valence-electron chi connectivity index (χ1n) is 6.77. The second-order valence-corrected chi connectivity index (χ2v) is 8.08. The van der Waals surface area contributed by atoms with Gasteiger partial charge in [-0.1, -0.05) is 19.8 Å². The number of aliphatic hydroxyl groups is 2. The van der Waals surface area contributed by atoms with Crippen LogP contribution in [0.3, 0.4) is 0 Å². The molecule has 1 fully saturated rings. The molecule has 0 aromatic heterocycles.